The molecule has 1 heterocycles. The van der Waals surface area contributed by atoms with Crippen molar-refractivity contribution >= 4 is 46.7 Å². The normalized spacial score (nSPS) is 10.6. The predicted octanol–water partition coefficient (Wildman–Crippen LogP) is 4.19. The van der Waals surface area contributed by atoms with Crippen LogP contribution in [0, 0.1) is 6.92 Å². The quantitative estimate of drug-likeness (QED) is 0.565. The van der Waals surface area contributed by atoms with E-state index in [-0.39, 0.29) is 23.3 Å². The molecule has 0 unspecified atom stereocenters. The van der Waals surface area contributed by atoms with Crippen LogP contribution in [-0.4, -0.2) is 32.9 Å². The summed E-state index contributed by atoms with van der Waals surface area (Å²) in [5, 5.41) is 6.59. The molecule has 0 saturated heterocycles. The lowest BCUT2D eigenvalue weighted by atomic mass is 10.2. The molecule has 29 heavy (non-hydrogen) atoms. The van der Waals surface area contributed by atoms with E-state index in [2.05, 4.69) is 15.6 Å². The number of carbonyl (C=O) groups is 2. The van der Waals surface area contributed by atoms with Crippen molar-refractivity contribution in [1.29, 1.82) is 0 Å². The van der Waals surface area contributed by atoms with Gasteiger partial charge in [-0.1, -0.05) is 23.9 Å². The molecule has 0 spiro atoms. The van der Waals surface area contributed by atoms with Gasteiger partial charge in [-0.3, -0.25) is 9.59 Å². The van der Waals surface area contributed by atoms with E-state index in [1.807, 2.05) is 73.3 Å². The molecule has 0 radical (unpaired) electrons. The Labute approximate surface area is 178 Å². The Morgan fingerprint density at radius 3 is 2.31 bits per heavy atom. The van der Waals surface area contributed by atoms with E-state index >= 15 is 0 Å². The van der Waals surface area contributed by atoms with Gasteiger partial charge < -0.3 is 15.2 Å². The fourth-order valence-electron chi connectivity index (χ4n) is 2.52. The molecule has 0 bridgehead atoms. The zero-order valence-electron chi connectivity index (χ0n) is 16.2. The van der Waals surface area contributed by atoms with Crippen molar-refractivity contribution < 1.29 is 9.59 Å². The number of hydrogen-bond donors (Lipinski definition) is 2. The van der Waals surface area contributed by atoms with Gasteiger partial charge in [-0.2, -0.15) is 0 Å². The predicted molar refractivity (Wildman–Crippen MR) is 120 cm³/mol. The number of nitrogens with one attached hydrogen (secondary N) is 2. The molecular weight excluding hydrogens is 404 g/mol. The first-order valence-electron chi connectivity index (χ1n) is 8.99. The highest BCUT2D eigenvalue weighted by atomic mass is 32.2. The number of carbonyl (C=O) groups excluding carboxylic acids is 2. The lowest BCUT2D eigenvalue weighted by Gasteiger charge is -2.07. The lowest BCUT2D eigenvalue weighted by Crippen LogP contribution is -2.18. The van der Waals surface area contributed by atoms with Gasteiger partial charge >= 0.3 is 0 Å². The molecule has 2 amide bonds. The molecule has 0 aliphatic heterocycles. The third kappa shape index (κ3) is 6.69. The number of anilines is 2. The Balaban J connectivity index is 1.40. The molecule has 2 aromatic carbocycles. The molecule has 0 saturated carbocycles. The maximum Gasteiger partial charge on any atom is 0.234 e. The highest BCUT2D eigenvalue weighted by Gasteiger charge is 2.08. The molecule has 0 atom stereocenters. The summed E-state index contributed by atoms with van der Waals surface area (Å²) < 4.78 is 1.95. The number of rotatable bonds is 8. The fourth-order valence-corrected chi connectivity index (χ4v) is 3.93. The van der Waals surface area contributed by atoms with Gasteiger partial charge in [0.25, 0.3) is 0 Å². The zero-order valence-corrected chi connectivity index (χ0v) is 17.8. The van der Waals surface area contributed by atoms with E-state index in [1.165, 1.54) is 11.8 Å². The minimum atomic E-state index is -0.136. The molecular formula is C21H22N4O2S2. The maximum absolute atomic E-state index is 12.1. The van der Waals surface area contributed by atoms with E-state index in [9.17, 15) is 9.59 Å². The first-order chi connectivity index (χ1) is 14.0. The Morgan fingerprint density at radius 2 is 1.69 bits per heavy atom. The standard InChI is InChI=1S/C21H22N4O2S2/c1-15-4-3-5-17(12-15)24-20(27)14-28-13-19(26)23-16-6-8-18(9-7-16)29-21-22-10-11-25(21)2/h3-12H,13-14H2,1-2H3,(H,23,26)(H,24,27). The van der Waals surface area contributed by atoms with Crippen molar-refractivity contribution in [2.75, 3.05) is 22.1 Å². The van der Waals surface area contributed by atoms with Gasteiger partial charge in [-0.15, -0.1) is 11.8 Å². The van der Waals surface area contributed by atoms with E-state index in [0.717, 1.165) is 27.0 Å². The molecule has 3 aromatic rings. The number of thioether (sulfide) groups is 1. The van der Waals surface area contributed by atoms with Crippen LogP contribution in [-0.2, 0) is 16.6 Å². The van der Waals surface area contributed by atoms with Crippen LogP contribution in [0.25, 0.3) is 0 Å². The molecule has 2 N–H and O–H groups in total. The molecule has 6 nitrogen and oxygen atoms in total. The number of aromatic nitrogens is 2. The number of nitrogens with zero attached hydrogens (tertiary/aromatic N) is 2. The van der Waals surface area contributed by atoms with Crippen LogP contribution in [0.4, 0.5) is 11.4 Å². The number of aryl methyl sites for hydroxylation is 2. The summed E-state index contributed by atoms with van der Waals surface area (Å²) in [5.74, 6) is 0.179. The molecule has 1 aromatic heterocycles. The third-order valence-corrected chi connectivity index (χ3v) is 5.91. The number of amides is 2. The van der Waals surface area contributed by atoms with Gasteiger partial charge in [-0.05, 0) is 48.9 Å². The van der Waals surface area contributed by atoms with Gasteiger partial charge in [0.2, 0.25) is 11.8 Å². The summed E-state index contributed by atoms with van der Waals surface area (Å²) in [6.07, 6.45) is 3.66. The summed E-state index contributed by atoms with van der Waals surface area (Å²) in [4.78, 5) is 29.4. The summed E-state index contributed by atoms with van der Waals surface area (Å²) in [7, 11) is 1.95. The SMILES string of the molecule is Cc1cccc(NC(=O)CSCC(=O)Nc2ccc(Sc3nccn3C)cc2)c1. The maximum atomic E-state index is 12.1. The number of benzene rings is 2. The van der Waals surface area contributed by atoms with Gasteiger partial charge in [0.1, 0.15) is 0 Å². The minimum Gasteiger partial charge on any atom is -0.329 e. The lowest BCUT2D eigenvalue weighted by molar-refractivity contribution is -0.114. The topological polar surface area (TPSA) is 76.0 Å². The summed E-state index contributed by atoms with van der Waals surface area (Å²) in [5.41, 5.74) is 2.58. The minimum absolute atomic E-state index is 0.121. The molecule has 8 heteroatoms. The first kappa shape index (κ1) is 21.0. The highest BCUT2D eigenvalue weighted by molar-refractivity contribution is 8.00. The van der Waals surface area contributed by atoms with Crippen LogP contribution in [0.5, 0.6) is 0 Å². The van der Waals surface area contributed by atoms with Crippen LogP contribution in [0.15, 0.2) is 71.0 Å². The number of imidazole rings is 1. The second-order valence-electron chi connectivity index (χ2n) is 6.41. The number of hydrogen-bond acceptors (Lipinski definition) is 5. The Hall–Kier alpha value is -2.71. The van der Waals surface area contributed by atoms with Crippen LogP contribution < -0.4 is 10.6 Å². The second-order valence-corrected chi connectivity index (χ2v) is 8.43. The molecule has 0 fully saturated rings. The average Bonchev–Trinajstić information content (AvgIpc) is 3.08. The molecule has 0 aliphatic carbocycles. The van der Waals surface area contributed by atoms with Gasteiger partial charge in [0.15, 0.2) is 5.16 Å². The van der Waals surface area contributed by atoms with Gasteiger partial charge in [0.05, 0.1) is 11.5 Å². The Bertz CT molecular complexity index is 986. The van der Waals surface area contributed by atoms with Crippen molar-refractivity contribution in [2.24, 2.45) is 7.05 Å². The third-order valence-electron chi connectivity index (χ3n) is 3.89. The second kappa shape index (κ2) is 10.2. The first-order valence-corrected chi connectivity index (χ1v) is 11.0. The Kier molecular flexibility index (Phi) is 7.37. The average molecular weight is 427 g/mol. The van der Waals surface area contributed by atoms with Crippen molar-refractivity contribution in [3.05, 3.63) is 66.5 Å². The highest BCUT2D eigenvalue weighted by Crippen LogP contribution is 2.26. The van der Waals surface area contributed by atoms with E-state index in [4.69, 9.17) is 0 Å². The van der Waals surface area contributed by atoms with E-state index in [0.29, 0.717) is 0 Å². The van der Waals surface area contributed by atoms with Crippen LogP contribution in [0.3, 0.4) is 0 Å². The van der Waals surface area contributed by atoms with Crippen LogP contribution in [0.1, 0.15) is 5.56 Å². The van der Waals surface area contributed by atoms with Gasteiger partial charge in [0, 0.05) is 35.7 Å². The van der Waals surface area contributed by atoms with Crippen molar-refractivity contribution in [1.82, 2.24) is 9.55 Å². The van der Waals surface area contributed by atoms with Crippen LogP contribution >= 0.6 is 23.5 Å². The van der Waals surface area contributed by atoms with Crippen LogP contribution in [0.2, 0.25) is 0 Å². The van der Waals surface area contributed by atoms with Crippen molar-refractivity contribution in [3.8, 4) is 0 Å². The monoisotopic (exact) mass is 426 g/mol. The van der Waals surface area contributed by atoms with E-state index in [1.54, 1.807) is 18.0 Å². The summed E-state index contributed by atoms with van der Waals surface area (Å²) >= 11 is 2.84. The summed E-state index contributed by atoms with van der Waals surface area (Å²) in [6.45, 7) is 1.97. The van der Waals surface area contributed by atoms with Gasteiger partial charge in [-0.25, -0.2) is 4.98 Å². The zero-order chi connectivity index (χ0) is 20.6. The Morgan fingerprint density at radius 1 is 1.00 bits per heavy atom. The molecule has 150 valence electrons. The smallest absolute Gasteiger partial charge is 0.234 e. The van der Waals surface area contributed by atoms with Crippen molar-refractivity contribution in [3.63, 3.8) is 0 Å². The van der Waals surface area contributed by atoms with Crippen molar-refractivity contribution in [2.45, 2.75) is 17.0 Å². The largest absolute Gasteiger partial charge is 0.329 e. The van der Waals surface area contributed by atoms with E-state index < -0.39 is 0 Å². The summed E-state index contributed by atoms with van der Waals surface area (Å²) in [6, 6.07) is 15.2. The molecule has 3 rings (SSSR count). The fraction of sp³-hybridized carbons (Fsp3) is 0.190. The molecule has 0 aliphatic rings.